The van der Waals surface area contributed by atoms with Crippen LogP contribution in [0.4, 0.5) is 5.00 Å². The highest BCUT2D eigenvalue weighted by molar-refractivity contribution is 7.19. The molecule has 19 heavy (non-hydrogen) atoms. The summed E-state index contributed by atoms with van der Waals surface area (Å²) in [5.41, 5.74) is 7.80. The molecule has 5 heteroatoms. The molecule has 98 valence electrons. The zero-order valence-corrected chi connectivity index (χ0v) is 12.0. The second-order valence-corrected chi connectivity index (χ2v) is 6.62. The van der Waals surface area contributed by atoms with Crippen molar-refractivity contribution in [2.24, 2.45) is 0 Å². The minimum absolute atomic E-state index is 0.0514. The first-order chi connectivity index (χ1) is 8.97. The summed E-state index contributed by atoms with van der Waals surface area (Å²) in [6.07, 6.45) is 3.61. The Morgan fingerprint density at radius 2 is 2.00 bits per heavy atom. The third-order valence-corrected chi connectivity index (χ3v) is 3.89. The maximum absolute atomic E-state index is 5.84. The summed E-state index contributed by atoms with van der Waals surface area (Å²) in [6.45, 7) is 6.53. The van der Waals surface area contributed by atoms with Crippen molar-refractivity contribution in [3.8, 4) is 10.7 Å². The lowest BCUT2D eigenvalue weighted by Crippen LogP contribution is -2.22. The lowest BCUT2D eigenvalue weighted by Gasteiger charge is -2.24. The standard InChI is InChI=1S/C14H16N4S/c1-14(2,3)18-10-6-7-16-8-9(10)17-13(18)11-4-5-12(15)19-11/h4-8H,15H2,1-3H3. The molecule has 0 saturated heterocycles. The molecular formula is C14H16N4S. The van der Waals surface area contributed by atoms with Crippen molar-refractivity contribution in [2.75, 3.05) is 5.73 Å². The predicted molar refractivity (Wildman–Crippen MR) is 80.2 cm³/mol. The number of nitrogens with zero attached hydrogens (tertiary/aromatic N) is 3. The number of fused-ring (bicyclic) bond motifs is 1. The average Bonchev–Trinajstić information content (AvgIpc) is 2.90. The second-order valence-electron chi connectivity index (χ2n) is 5.51. The van der Waals surface area contributed by atoms with E-state index in [-0.39, 0.29) is 5.54 Å². The van der Waals surface area contributed by atoms with Gasteiger partial charge in [-0.15, -0.1) is 11.3 Å². The molecule has 0 radical (unpaired) electrons. The van der Waals surface area contributed by atoms with Gasteiger partial charge in [-0.05, 0) is 39.0 Å². The van der Waals surface area contributed by atoms with Crippen LogP contribution in [0.25, 0.3) is 21.7 Å². The van der Waals surface area contributed by atoms with Crippen LogP contribution >= 0.6 is 11.3 Å². The van der Waals surface area contributed by atoms with E-state index >= 15 is 0 Å². The molecule has 0 aliphatic heterocycles. The monoisotopic (exact) mass is 272 g/mol. The van der Waals surface area contributed by atoms with Crippen molar-refractivity contribution in [3.05, 3.63) is 30.6 Å². The number of thiophene rings is 1. The molecule has 4 nitrogen and oxygen atoms in total. The van der Waals surface area contributed by atoms with E-state index in [2.05, 4.69) is 30.3 Å². The van der Waals surface area contributed by atoms with E-state index in [0.717, 1.165) is 26.7 Å². The van der Waals surface area contributed by atoms with Gasteiger partial charge >= 0.3 is 0 Å². The van der Waals surface area contributed by atoms with Crippen LogP contribution in [0.15, 0.2) is 30.6 Å². The van der Waals surface area contributed by atoms with Gasteiger partial charge in [-0.1, -0.05) is 0 Å². The first-order valence-electron chi connectivity index (χ1n) is 6.15. The molecule has 0 aliphatic rings. The van der Waals surface area contributed by atoms with E-state index < -0.39 is 0 Å². The van der Waals surface area contributed by atoms with Gasteiger partial charge in [0, 0.05) is 11.7 Å². The Morgan fingerprint density at radius 3 is 2.63 bits per heavy atom. The highest BCUT2D eigenvalue weighted by Gasteiger charge is 2.23. The zero-order valence-electron chi connectivity index (χ0n) is 11.2. The van der Waals surface area contributed by atoms with E-state index in [9.17, 15) is 0 Å². The van der Waals surface area contributed by atoms with Gasteiger partial charge in [0.2, 0.25) is 0 Å². The first kappa shape index (κ1) is 12.2. The summed E-state index contributed by atoms with van der Waals surface area (Å²) < 4.78 is 2.25. The van der Waals surface area contributed by atoms with Crippen LogP contribution < -0.4 is 5.73 Å². The number of pyridine rings is 1. The van der Waals surface area contributed by atoms with Crippen LogP contribution in [0.3, 0.4) is 0 Å². The normalized spacial score (nSPS) is 12.2. The van der Waals surface area contributed by atoms with E-state index in [4.69, 9.17) is 10.7 Å². The first-order valence-corrected chi connectivity index (χ1v) is 6.97. The van der Waals surface area contributed by atoms with Gasteiger partial charge in [0.1, 0.15) is 5.52 Å². The van der Waals surface area contributed by atoms with E-state index in [1.54, 1.807) is 23.7 Å². The van der Waals surface area contributed by atoms with Gasteiger partial charge < -0.3 is 10.3 Å². The molecule has 3 aromatic rings. The number of aromatic nitrogens is 3. The Morgan fingerprint density at radius 1 is 1.21 bits per heavy atom. The lowest BCUT2D eigenvalue weighted by molar-refractivity contribution is 0.413. The number of nitrogens with two attached hydrogens (primary N) is 1. The Hall–Kier alpha value is -1.88. The Bertz CT molecular complexity index is 733. The molecule has 0 aromatic carbocycles. The molecule has 3 rings (SSSR count). The molecule has 0 spiro atoms. The number of anilines is 1. The Kier molecular flexibility index (Phi) is 2.60. The lowest BCUT2D eigenvalue weighted by atomic mass is 10.1. The topological polar surface area (TPSA) is 56.7 Å². The van der Waals surface area contributed by atoms with E-state index in [1.807, 2.05) is 18.2 Å². The summed E-state index contributed by atoms with van der Waals surface area (Å²) >= 11 is 1.56. The number of hydrogen-bond acceptors (Lipinski definition) is 4. The molecule has 0 aliphatic carbocycles. The van der Waals surface area contributed by atoms with Gasteiger partial charge in [-0.3, -0.25) is 4.98 Å². The van der Waals surface area contributed by atoms with Gasteiger partial charge in [-0.25, -0.2) is 4.98 Å². The summed E-state index contributed by atoms with van der Waals surface area (Å²) in [5, 5.41) is 0.806. The number of hydrogen-bond donors (Lipinski definition) is 1. The third kappa shape index (κ3) is 2.00. The molecule has 3 heterocycles. The van der Waals surface area contributed by atoms with Crippen molar-refractivity contribution in [1.29, 1.82) is 0 Å². The third-order valence-electron chi connectivity index (χ3n) is 2.97. The Balaban J connectivity index is 2.35. The number of imidazole rings is 1. The molecular weight excluding hydrogens is 256 g/mol. The fraction of sp³-hybridized carbons (Fsp3) is 0.286. The van der Waals surface area contributed by atoms with Crippen LogP contribution in [-0.4, -0.2) is 14.5 Å². The summed E-state index contributed by atoms with van der Waals surface area (Å²) in [7, 11) is 0. The van der Waals surface area contributed by atoms with Gasteiger partial charge in [0.15, 0.2) is 5.82 Å². The fourth-order valence-electron chi connectivity index (χ4n) is 2.25. The van der Waals surface area contributed by atoms with Gasteiger partial charge in [0.25, 0.3) is 0 Å². The van der Waals surface area contributed by atoms with Crippen LogP contribution in [0.5, 0.6) is 0 Å². The molecule has 0 bridgehead atoms. The fourth-order valence-corrected chi connectivity index (χ4v) is 3.00. The molecule has 0 atom stereocenters. The second kappa shape index (κ2) is 4.06. The van der Waals surface area contributed by atoms with Gasteiger partial charge in [-0.2, -0.15) is 0 Å². The largest absolute Gasteiger partial charge is 0.391 e. The van der Waals surface area contributed by atoms with Crippen LogP contribution in [0, 0.1) is 0 Å². The van der Waals surface area contributed by atoms with Crippen molar-refractivity contribution in [1.82, 2.24) is 14.5 Å². The van der Waals surface area contributed by atoms with Crippen molar-refractivity contribution >= 4 is 27.4 Å². The summed E-state index contributed by atoms with van der Waals surface area (Å²) in [4.78, 5) is 9.96. The minimum Gasteiger partial charge on any atom is -0.391 e. The van der Waals surface area contributed by atoms with Crippen molar-refractivity contribution < 1.29 is 0 Å². The number of nitrogen functional groups attached to an aromatic ring is 1. The van der Waals surface area contributed by atoms with Crippen LogP contribution in [0.1, 0.15) is 20.8 Å². The maximum atomic E-state index is 5.84. The van der Waals surface area contributed by atoms with Crippen LogP contribution in [0.2, 0.25) is 0 Å². The molecule has 0 amide bonds. The SMILES string of the molecule is CC(C)(C)n1c(-c2ccc(N)s2)nc2cnccc21. The Labute approximate surface area is 115 Å². The highest BCUT2D eigenvalue weighted by Crippen LogP contribution is 2.34. The summed E-state index contributed by atoms with van der Waals surface area (Å²) in [6, 6.07) is 5.95. The zero-order chi connectivity index (χ0) is 13.6. The predicted octanol–water partition coefficient (Wildman–Crippen LogP) is 3.50. The van der Waals surface area contributed by atoms with E-state index in [1.165, 1.54) is 0 Å². The van der Waals surface area contributed by atoms with Crippen molar-refractivity contribution in [3.63, 3.8) is 0 Å². The molecule has 0 unspecified atom stereocenters. The molecule has 0 saturated carbocycles. The summed E-state index contributed by atoms with van der Waals surface area (Å²) in [5.74, 6) is 0.956. The number of rotatable bonds is 1. The minimum atomic E-state index is -0.0514. The van der Waals surface area contributed by atoms with Crippen LogP contribution in [-0.2, 0) is 5.54 Å². The molecule has 3 aromatic heterocycles. The molecule has 2 N–H and O–H groups in total. The molecule has 0 fully saturated rings. The highest BCUT2D eigenvalue weighted by atomic mass is 32.1. The maximum Gasteiger partial charge on any atom is 0.151 e. The van der Waals surface area contributed by atoms with Gasteiger partial charge in [0.05, 0.1) is 21.6 Å². The quantitative estimate of drug-likeness (QED) is 0.737. The smallest absolute Gasteiger partial charge is 0.151 e. The van der Waals surface area contributed by atoms with Crippen molar-refractivity contribution in [2.45, 2.75) is 26.3 Å². The average molecular weight is 272 g/mol. The van der Waals surface area contributed by atoms with E-state index in [0.29, 0.717) is 0 Å².